The Morgan fingerprint density at radius 3 is 2.71 bits per heavy atom. The lowest BCUT2D eigenvalue weighted by molar-refractivity contribution is -0.139. The van der Waals surface area contributed by atoms with Gasteiger partial charge in [-0.1, -0.05) is 24.3 Å². The average Bonchev–Trinajstić information content (AvgIpc) is 2.83. The molecule has 0 aliphatic heterocycles. The number of carboxylic acids is 1. The smallest absolute Gasteiger partial charge is 0.341 e. The van der Waals surface area contributed by atoms with E-state index in [2.05, 4.69) is 4.98 Å². The van der Waals surface area contributed by atoms with Crippen LogP contribution in [0, 0.1) is 0 Å². The maximum absolute atomic E-state index is 12.3. The van der Waals surface area contributed by atoms with Crippen LogP contribution in [-0.2, 0) is 22.5 Å². The molecule has 9 heteroatoms. The van der Waals surface area contributed by atoms with Gasteiger partial charge in [-0.25, -0.2) is 9.78 Å². The molecular weight excluding hydrogens is 456 g/mol. The molecule has 0 fully saturated rings. The van der Waals surface area contributed by atoms with Crippen LogP contribution in [-0.4, -0.2) is 38.0 Å². The summed E-state index contributed by atoms with van der Waals surface area (Å²) in [5, 5.41) is 8.96. The summed E-state index contributed by atoms with van der Waals surface area (Å²) in [5.41, 5.74) is 3.40. The molecule has 1 N–H and O–H groups in total. The van der Waals surface area contributed by atoms with Crippen molar-refractivity contribution in [1.29, 1.82) is 0 Å². The highest BCUT2D eigenvalue weighted by atomic mass is 32.2. The normalized spacial score (nSPS) is 15.8. The summed E-state index contributed by atoms with van der Waals surface area (Å²) < 4.78 is 37.0. The molecule has 1 heterocycles. The van der Waals surface area contributed by atoms with E-state index in [1.165, 1.54) is 4.31 Å². The highest BCUT2D eigenvalue weighted by Gasteiger charge is 2.30. The van der Waals surface area contributed by atoms with E-state index in [4.69, 9.17) is 14.6 Å². The summed E-state index contributed by atoms with van der Waals surface area (Å²) in [6.07, 6.45) is 3.68. The van der Waals surface area contributed by atoms with Gasteiger partial charge in [0.25, 0.3) is 0 Å². The minimum absolute atomic E-state index is 0.313. The Morgan fingerprint density at radius 1 is 1.18 bits per heavy atom. The first-order chi connectivity index (χ1) is 16.5. The maximum Gasteiger partial charge on any atom is 0.341 e. The van der Waals surface area contributed by atoms with Gasteiger partial charge in [-0.3, -0.25) is 8.51 Å². The number of benzene rings is 2. The number of aliphatic carboxylic acids is 1. The molecule has 4 rings (SSSR count). The van der Waals surface area contributed by atoms with Gasteiger partial charge >= 0.3 is 5.97 Å². The van der Waals surface area contributed by atoms with Gasteiger partial charge in [-0.2, -0.15) is 0 Å². The Balaban J connectivity index is 1.64. The fraction of sp³-hybridized carbons (Fsp3) is 0.280. The topological polar surface area (TPSA) is 112 Å². The van der Waals surface area contributed by atoms with Crippen LogP contribution in [0.2, 0.25) is 0 Å². The number of fused-ring (bicyclic) bond motifs is 1. The standard InChI is InChI=1S/C25H26N2O6S/c1-2-32-19-7-3-6-17(14-19)18-12-13-24(26-15-18)27(34(30)31)22-10-4-9-21-20(22)8-5-11-23(21)33-16-25(28)29/h3,5-8,11-15,22H,2,4,9-10,16H2,1H3,(H,28,29)(H,30,31)/p-1. The van der Waals surface area contributed by atoms with Crippen molar-refractivity contribution < 1.29 is 28.1 Å². The second kappa shape index (κ2) is 10.7. The minimum Gasteiger partial charge on any atom is -0.755 e. The molecule has 2 aromatic carbocycles. The summed E-state index contributed by atoms with van der Waals surface area (Å²) in [6, 6.07) is 16.0. The highest BCUT2D eigenvalue weighted by molar-refractivity contribution is 7.80. The average molecular weight is 482 g/mol. The molecule has 1 aromatic heterocycles. The van der Waals surface area contributed by atoms with E-state index < -0.39 is 29.9 Å². The first kappa shape index (κ1) is 23.7. The number of aromatic nitrogens is 1. The third kappa shape index (κ3) is 5.21. The van der Waals surface area contributed by atoms with Gasteiger partial charge in [0.1, 0.15) is 17.3 Å². The number of carbonyl (C=O) groups is 1. The monoisotopic (exact) mass is 481 g/mol. The predicted molar refractivity (Wildman–Crippen MR) is 127 cm³/mol. The first-order valence-corrected chi connectivity index (χ1v) is 12.1. The summed E-state index contributed by atoms with van der Waals surface area (Å²) >= 11 is -2.57. The van der Waals surface area contributed by atoms with Gasteiger partial charge in [0.15, 0.2) is 6.61 Å². The Labute approximate surface area is 200 Å². The molecule has 1 aliphatic carbocycles. The summed E-state index contributed by atoms with van der Waals surface area (Å²) in [5.74, 6) is 0.473. The molecule has 2 unspecified atom stereocenters. The predicted octanol–water partition coefficient (Wildman–Crippen LogP) is 4.29. The maximum atomic E-state index is 12.3. The molecule has 0 radical (unpaired) electrons. The zero-order valence-corrected chi connectivity index (χ0v) is 19.5. The lowest BCUT2D eigenvalue weighted by Crippen LogP contribution is -2.33. The van der Waals surface area contributed by atoms with Crippen molar-refractivity contribution in [1.82, 2.24) is 4.98 Å². The number of nitrogens with zero attached hydrogens (tertiary/aromatic N) is 2. The summed E-state index contributed by atoms with van der Waals surface area (Å²) in [6.45, 7) is 2.04. The van der Waals surface area contributed by atoms with Crippen LogP contribution in [0.25, 0.3) is 11.1 Å². The number of ether oxygens (including phenoxy) is 2. The number of hydrogen-bond acceptors (Lipinski definition) is 6. The quantitative estimate of drug-likeness (QED) is 0.454. The molecule has 0 bridgehead atoms. The fourth-order valence-corrected chi connectivity index (χ4v) is 4.96. The molecule has 0 amide bonds. The number of hydrogen-bond donors (Lipinski definition) is 1. The van der Waals surface area contributed by atoms with E-state index in [0.717, 1.165) is 34.4 Å². The van der Waals surface area contributed by atoms with Crippen molar-refractivity contribution in [3.8, 4) is 22.6 Å². The number of anilines is 1. The molecule has 1 aliphatic rings. The lowest BCUT2D eigenvalue weighted by Gasteiger charge is -2.37. The van der Waals surface area contributed by atoms with Crippen LogP contribution in [0.3, 0.4) is 0 Å². The summed E-state index contributed by atoms with van der Waals surface area (Å²) in [4.78, 5) is 15.4. The van der Waals surface area contributed by atoms with Crippen molar-refractivity contribution in [3.05, 3.63) is 71.9 Å². The van der Waals surface area contributed by atoms with Gasteiger partial charge in [-0.05, 0) is 73.2 Å². The molecule has 0 spiro atoms. The van der Waals surface area contributed by atoms with Crippen molar-refractivity contribution in [2.75, 3.05) is 17.5 Å². The molecular formula is C25H25N2O6S-. The molecule has 34 heavy (non-hydrogen) atoms. The SMILES string of the molecule is CCOc1cccc(-c2ccc(N(C3CCCc4c(OCC(=O)O)cccc43)S(=O)[O-])nc2)c1. The van der Waals surface area contributed by atoms with Gasteiger partial charge in [-0.15, -0.1) is 0 Å². The van der Waals surface area contributed by atoms with E-state index >= 15 is 0 Å². The van der Waals surface area contributed by atoms with E-state index in [9.17, 15) is 13.6 Å². The largest absolute Gasteiger partial charge is 0.755 e. The third-order valence-electron chi connectivity index (χ3n) is 5.68. The van der Waals surface area contributed by atoms with Crippen LogP contribution in [0.15, 0.2) is 60.8 Å². The zero-order valence-electron chi connectivity index (χ0n) is 18.7. The van der Waals surface area contributed by atoms with Crippen LogP contribution in [0.1, 0.15) is 36.9 Å². The van der Waals surface area contributed by atoms with E-state index in [0.29, 0.717) is 31.0 Å². The molecule has 3 aromatic rings. The van der Waals surface area contributed by atoms with Crippen LogP contribution in [0.5, 0.6) is 11.5 Å². The van der Waals surface area contributed by atoms with Crippen molar-refractivity contribution in [2.45, 2.75) is 32.2 Å². The Hall–Kier alpha value is -3.43. The Morgan fingerprint density at radius 2 is 2.00 bits per heavy atom. The highest BCUT2D eigenvalue weighted by Crippen LogP contribution is 2.41. The van der Waals surface area contributed by atoms with Crippen LogP contribution >= 0.6 is 0 Å². The van der Waals surface area contributed by atoms with E-state index in [1.807, 2.05) is 43.3 Å². The van der Waals surface area contributed by atoms with Crippen molar-refractivity contribution >= 4 is 23.1 Å². The Kier molecular flexibility index (Phi) is 7.44. The van der Waals surface area contributed by atoms with Crippen molar-refractivity contribution in [2.24, 2.45) is 0 Å². The van der Waals surface area contributed by atoms with E-state index in [1.54, 1.807) is 24.4 Å². The van der Waals surface area contributed by atoms with Gasteiger partial charge in [0, 0.05) is 23.0 Å². The summed E-state index contributed by atoms with van der Waals surface area (Å²) in [7, 11) is 0. The molecule has 0 saturated heterocycles. The minimum atomic E-state index is -2.57. The van der Waals surface area contributed by atoms with Crippen LogP contribution < -0.4 is 13.8 Å². The fourth-order valence-electron chi connectivity index (χ4n) is 4.27. The number of pyridine rings is 1. The van der Waals surface area contributed by atoms with Crippen molar-refractivity contribution in [3.63, 3.8) is 0 Å². The second-order valence-electron chi connectivity index (χ2n) is 7.82. The molecule has 8 nitrogen and oxygen atoms in total. The number of rotatable bonds is 9. The first-order valence-electron chi connectivity index (χ1n) is 11.0. The van der Waals surface area contributed by atoms with Gasteiger partial charge in [0.2, 0.25) is 0 Å². The second-order valence-corrected chi connectivity index (χ2v) is 8.65. The molecule has 178 valence electrons. The van der Waals surface area contributed by atoms with Crippen LogP contribution in [0.4, 0.5) is 5.82 Å². The number of carboxylic acid groups (broad SMARTS) is 1. The van der Waals surface area contributed by atoms with E-state index in [-0.39, 0.29) is 0 Å². The molecule has 0 saturated carbocycles. The van der Waals surface area contributed by atoms with Gasteiger partial charge in [0.05, 0.1) is 12.6 Å². The lowest BCUT2D eigenvalue weighted by atomic mass is 9.87. The zero-order chi connectivity index (χ0) is 24.1. The third-order valence-corrected chi connectivity index (χ3v) is 6.44. The Bertz CT molecular complexity index is 1180. The molecule has 2 atom stereocenters. The van der Waals surface area contributed by atoms with Gasteiger partial charge < -0.3 is 19.1 Å².